The van der Waals surface area contributed by atoms with Crippen molar-refractivity contribution in [3.05, 3.63) is 29.8 Å². The van der Waals surface area contributed by atoms with E-state index in [1.165, 1.54) is 11.8 Å². The first-order valence-corrected chi connectivity index (χ1v) is 7.07. The summed E-state index contributed by atoms with van der Waals surface area (Å²) >= 11 is 1.26. The minimum atomic E-state index is -4.26. The second-order valence-corrected chi connectivity index (χ2v) is 5.05. The molecule has 1 aromatic carbocycles. The Kier molecular flexibility index (Phi) is 7.27. The quantitative estimate of drug-likeness (QED) is 0.447. The molecule has 0 saturated heterocycles. The lowest BCUT2D eigenvalue weighted by atomic mass is 10.2. The third-order valence-corrected chi connectivity index (χ3v) is 3.10. The molecule has 0 aromatic heterocycles. The molecule has 1 rings (SSSR count). The monoisotopic (exact) mass is 293 g/mol. The first-order chi connectivity index (χ1) is 9.01. The van der Waals surface area contributed by atoms with Gasteiger partial charge in [-0.25, -0.2) is 0 Å². The Morgan fingerprint density at radius 2 is 2.11 bits per heavy atom. The fraction of sp³-hybridized carbons (Fsp3) is 0.538. The smallest absolute Gasteiger partial charge is 0.361 e. The highest BCUT2D eigenvalue weighted by Gasteiger charge is 2.27. The van der Waals surface area contributed by atoms with E-state index in [1.54, 1.807) is 0 Å². The van der Waals surface area contributed by atoms with Crippen LogP contribution >= 0.6 is 11.8 Å². The average Bonchev–Trinajstić information content (AvgIpc) is 2.35. The predicted octanol–water partition coefficient (Wildman–Crippen LogP) is 3.81. The summed E-state index contributed by atoms with van der Waals surface area (Å²) in [6.07, 6.45) is -3.19. The van der Waals surface area contributed by atoms with E-state index in [0.717, 1.165) is 30.0 Å². The number of hydrogen-bond acceptors (Lipinski definition) is 3. The zero-order valence-electron chi connectivity index (χ0n) is 10.8. The van der Waals surface area contributed by atoms with Crippen LogP contribution < -0.4 is 5.32 Å². The van der Waals surface area contributed by atoms with Gasteiger partial charge < -0.3 is 10.1 Å². The first-order valence-electron chi connectivity index (χ1n) is 6.08. The van der Waals surface area contributed by atoms with Gasteiger partial charge in [-0.15, -0.1) is 0 Å². The molecule has 2 nitrogen and oxygen atoms in total. The van der Waals surface area contributed by atoms with E-state index < -0.39 is 12.8 Å². The van der Waals surface area contributed by atoms with E-state index in [0.29, 0.717) is 0 Å². The predicted molar refractivity (Wildman–Crippen MR) is 71.2 cm³/mol. The second-order valence-electron chi connectivity index (χ2n) is 4.05. The Morgan fingerprint density at radius 3 is 2.79 bits per heavy atom. The lowest BCUT2D eigenvalue weighted by Crippen LogP contribution is -2.16. The fourth-order valence-corrected chi connectivity index (χ4v) is 2.13. The zero-order chi connectivity index (χ0) is 14.1. The first kappa shape index (κ1) is 16.3. The van der Waals surface area contributed by atoms with Gasteiger partial charge in [0.15, 0.2) is 0 Å². The van der Waals surface area contributed by atoms with Crippen molar-refractivity contribution in [1.82, 2.24) is 5.32 Å². The maximum atomic E-state index is 11.9. The van der Waals surface area contributed by atoms with E-state index in [1.807, 2.05) is 24.3 Å². The maximum absolute atomic E-state index is 11.9. The van der Waals surface area contributed by atoms with Gasteiger partial charge in [0.05, 0.1) is 5.94 Å². The molecule has 0 amide bonds. The molecule has 108 valence electrons. The van der Waals surface area contributed by atoms with Crippen LogP contribution in [-0.4, -0.2) is 25.3 Å². The standard InChI is InChI=1S/C13H18F3NOS/c1-2-6-17-8-11-4-3-5-12(7-11)19-10-18-9-13(14,15)16/h3-5,7,17H,2,6,8-10H2,1H3. The average molecular weight is 293 g/mol. The van der Waals surface area contributed by atoms with Gasteiger partial charge in [-0.2, -0.15) is 13.2 Å². The molecule has 0 heterocycles. The lowest BCUT2D eigenvalue weighted by molar-refractivity contribution is -0.168. The number of thioether (sulfide) groups is 1. The van der Waals surface area contributed by atoms with Gasteiger partial charge in [0, 0.05) is 11.4 Å². The lowest BCUT2D eigenvalue weighted by Gasteiger charge is -2.08. The van der Waals surface area contributed by atoms with E-state index in [-0.39, 0.29) is 5.94 Å². The Labute approximate surface area is 115 Å². The molecule has 0 aliphatic heterocycles. The molecule has 0 aliphatic carbocycles. The van der Waals surface area contributed by atoms with Crippen molar-refractivity contribution < 1.29 is 17.9 Å². The Hall–Kier alpha value is -0.720. The van der Waals surface area contributed by atoms with Crippen LogP contribution in [0.1, 0.15) is 18.9 Å². The molecule has 0 saturated carbocycles. The third-order valence-electron chi connectivity index (χ3n) is 2.23. The van der Waals surface area contributed by atoms with Crippen molar-refractivity contribution in [3.63, 3.8) is 0 Å². The number of ether oxygens (including phenoxy) is 1. The van der Waals surface area contributed by atoms with E-state index >= 15 is 0 Å². The minimum absolute atomic E-state index is 0.00531. The van der Waals surface area contributed by atoms with Crippen LogP contribution in [-0.2, 0) is 11.3 Å². The summed E-state index contributed by atoms with van der Waals surface area (Å²) in [6, 6.07) is 7.72. The van der Waals surface area contributed by atoms with Crippen LogP contribution in [0, 0.1) is 0 Å². The van der Waals surface area contributed by atoms with Crippen molar-refractivity contribution in [3.8, 4) is 0 Å². The van der Waals surface area contributed by atoms with Crippen LogP contribution in [0.5, 0.6) is 0 Å². The van der Waals surface area contributed by atoms with Crippen LogP contribution in [0.15, 0.2) is 29.2 Å². The highest BCUT2D eigenvalue weighted by Crippen LogP contribution is 2.21. The summed E-state index contributed by atoms with van der Waals surface area (Å²) in [5, 5.41) is 3.28. The van der Waals surface area contributed by atoms with Crippen molar-refractivity contribution in [2.75, 3.05) is 19.1 Å². The minimum Gasteiger partial charge on any atom is -0.361 e. The maximum Gasteiger partial charge on any atom is 0.411 e. The molecular formula is C13H18F3NOS. The topological polar surface area (TPSA) is 21.3 Å². The molecule has 0 spiro atoms. The van der Waals surface area contributed by atoms with Gasteiger partial charge in [-0.05, 0) is 30.7 Å². The summed E-state index contributed by atoms with van der Waals surface area (Å²) in [6.45, 7) is 2.62. The summed E-state index contributed by atoms with van der Waals surface area (Å²) < 4.78 is 40.2. The van der Waals surface area contributed by atoms with Crippen molar-refractivity contribution in [2.24, 2.45) is 0 Å². The molecule has 0 unspecified atom stereocenters. The van der Waals surface area contributed by atoms with E-state index in [2.05, 4.69) is 17.0 Å². The van der Waals surface area contributed by atoms with Crippen molar-refractivity contribution in [2.45, 2.75) is 31.0 Å². The van der Waals surface area contributed by atoms with Crippen LogP contribution in [0.3, 0.4) is 0 Å². The third kappa shape index (κ3) is 8.13. The summed E-state index contributed by atoms with van der Waals surface area (Å²) in [5.41, 5.74) is 1.12. The van der Waals surface area contributed by atoms with Crippen LogP contribution in [0.25, 0.3) is 0 Å². The second kappa shape index (κ2) is 8.45. The molecule has 1 aromatic rings. The van der Waals surface area contributed by atoms with Crippen molar-refractivity contribution in [1.29, 1.82) is 0 Å². The molecule has 0 radical (unpaired) electrons. The summed E-state index contributed by atoms with van der Waals surface area (Å²) in [5.74, 6) is 0.00531. The molecule has 0 bridgehead atoms. The number of halogens is 3. The Morgan fingerprint density at radius 1 is 1.32 bits per heavy atom. The van der Waals surface area contributed by atoms with Gasteiger partial charge in [-0.1, -0.05) is 30.8 Å². The fourth-order valence-electron chi connectivity index (χ4n) is 1.42. The molecule has 6 heteroatoms. The SMILES string of the molecule is CCCNCc1cccc(SCOCC(F)(F)F)c1. The normalized spacial score (nSPS) is 11.8. The zero-order valence-corrected chi connectivity index (χ0v) is 11.6. The largest absolute Gasteiger partial charge is 0.411 e. The Balaban J connectivity index is 2.31. The van der Waals surface area contributed by atoms with E-state index in [4.69, 9.17) is 0 Å². The summed E-state index contributed by atoms with van der Waals surface area (Å²) in [4.78, 5) is 0.915. The Bertz CT molecular complexity index is 371. The van der Waals surface area contributed by atoms with E-state index in [9.17, 15) is 13.2 Å². The van der Waals surface area contributed by atoms with Gasteiger partial charge in [0.2, 0.25) is 0 Å². The number of rotatable bonds is 8. The molecule has 0 atom stereocenters. The van der Waals surface area contributed by atoms with Gasteiger partial charge in [0.25, 0.3) is 0 Å². The van der Waals surface area contributed by atoms with Gasteiger partial charge in [0.1, 0.15) is 6.61 Å². The highest BCUT2D eigenvalue weighted by molar-refractivity contribution is 7.99. The van der Waals surface area contributed by atoms with Crippen LogP contribution in [0.2, 0.25) is 0 Å². The number of nitrogens with one attached hydrogen (secondary N) is 1. The molecule has 0 fully saturated rings. The van der Waals surface area contributed by atoms with Crippen LogP contribution in [0.4, 0.5) is 13.2 Å². The highest BCUT2D eigenvalue weighted by atomic mass is 32.2. The molecule has 19 heavy (non-hydrogen) atoms. The molecular weight excluding hydrogens is 275 g/mol. The number of hydrogen-bond donors (Lipinski definition) is 1. The molecule has 0 aliphatic rings. The van der Waals surface area contributed by atoms with Gasteiger partial charge >= 0.3 is 6.18 Å². The number of benzene rings is 1. The van der Waals surface area contributed by atoms with Gasteiger partial charge in [-0.3, -0.25) is 0 Å². The summed E-state index contributed by atoms with van der Waals surface area (Å²) in [7, 11) is 0. The number of alkyl halides is 3. The molecule has 1 N–H and O–H groups in total. The van der Waals surface area contributed by atoms with Crippen molar-refractivity contribution >= 4 is 11.8 Å².